The first-order valence-corrected chi connectivity index (χ1v) is 8.39. The van der Waals surface area contributed by atoms with Crippen LogP contribution >= 0.6 is 0 Å². The Labute approximate surface area is 141 Å². The Balaban J connectivity index is 1.51. The lowest BCUT2D eigenvalue weighted by Crippen LogP contribution is -2.40. The van der Waals surface area contributed by atoms with E-state index in [2.05, 4.69) is 20.9 Å². The van der Waals surface area contributed by atoms with Crippen LogP contribution in [0.2, 0.25) is 0 Å². The van der Waals surface area contributed by atoms with Crippen LogP contribution in [0.4, 0.5) is 10.6 Å². The summed E-state index contributed by atoms with van der Waals surface area (Å²) in [4.78, 5) is 28.5. The number of hydrogen-bond donors (Lipinski definition) is 3. The van der Waals surface area contributed by atoms with Crippen molar-refractivity contribution in [1.82, 2.24) is 15.6 Å². The molecule has 2 fully saturated rings. The molecule has 1 spiro atoms. The van der Waals surface area contributed by atoms with Crippen molar-refractivity contribution in [2.75, 3.05) is 25.0 Å². The van der Waals surface area contributed by atoms with E-state index in [4.69, 9.17) is 4.74 Å². The zero-order chi connectivity index (χ0) is 17.2. The minimum Gasteiger partial charge on any atom is -0.460 e. The molecule has 1 unspecified atom stereocenters. The van der Waals surface area contributed by atoms with E-state index in [9.17, 15) is 9.59 Å². The predicted octanol–water partition coefficient (Wildman–Crippen LogP) is 1.51. The van der Waals surface area contributed by atoms with Gasteiger partial charge in [-0.25, -0.2) is 9.78 Å². The Hall–Kier alpha value is -2.15. The molecule has 3 rings (SSSR count). The summed E-state index contributed by atoms with van der Waals surface area (Å²) < 4.78 is 5.47. The van der Waals surface area contributed by atoms with Gasteiger partial charge in [0, 0.05) is 12.1 Å². The van der Waals surface area contributed by atoms with E-state index in [0.717, 1.165) is 37.2 Å². The molecule has 0 aliphatic carbocycles. The lowest BCUT2D eigenvalue weighted by molar-refractivity contribution is -0.149. The maximum Gasteiger partial charge on any atom is 0.320 e. The van der Waals surface area contributed by atoms with Gasteiger partial charge in [-0.1, -0.05) is 0 Å². The molecule has 7 nitrogen and oxygen atoms in total. The Morgan fingerprint density at radius 1 is 1.38 bits per heavy atom. The van der Waals surface area contributed by atoms with Gasteiger partial charge in [-0.3, -0.25) is 10.1 Å². The number of urea groups is 1. The van der Waals surface area contributed by atoms with Crippen molar-refractivity contribution in [3.63, 3.8) is 0 Å². The molecule has 1 aromatic rings. The molecular formula is C17H24N4O3. The summed E-state index contributed by atoms with van der Waals surface area (Å²) in [6.45, 7) is 5.83. The highest BCUT2D eigenvalue weighted by Crippen LogP contribution is 2.41. The molecule has 3 N–H and O–H groups in total. The van der Waals surface area contributed by atoms with Gasteiger partial charge in [0.05, 0.1) is 12.0 Å². The fourth-order valence-electron chi connectivity index (χ4n) is 3.54. The number of ether oxygens (including phenoxy) is 1. The Bertz CT molecular complexity index is 620. The average molecular weight is 332 g/mol. The van der Waals surface area contributed by atoms with E-state index in [1.807, 2.05) is 26.0 Å². The number of amides is 2. The number of cyclic esters (lactones) is 1. The summed E-state index contributed by atoms with van der Waals surface area (Å²) >= 11 is 0. The minimum absolute atomic E-state index is 0.118. The summed E-state index contributed by atoms with van der Waals surface area (Å²) in [6, 6.07) is 3.42. The number of esters is 1. The summed E-state index contributed by atoms with van der Waals surface area (Å²) in [6.07, 6.45) is 2.03. The van der Waals surface area contributed by atoms with Gasteiger partial charge in [0.2, 0.25) is 0 Å². The maximum atomic E-state index is 12.2. The summed E-state index contributed by atoms with van der Waals surface area (Å²) in [5.41, 5.74) is 1.53. The number of nitrogens with zero attached hydrogens (tertiary/aromatic N) is 1. The van der Waals surface area contributed by atoms with E-state index in [1.54, 1.807) is 0 Å². The van der Waals surface area contributed by atoms with Crippen molar-refractivity contribution < 1.29 is 14.3 Å². The topological polar surface area (TPSA) is 92.4 Å². The number of rotatable bonds is 3. The van der Waals surface area contributed by atoms with Gasteiger partial charge >= 0.3 is 12.0 Å². The fourth-order valence-corrected chi connectivity index (χ4v) is 3.54. The smallest absolute Gasteiger partial charge is 0.320 e. The second-order valence-corrected chi connectivity index (χ2v) is 6.77. The first kappa shape index (κ1) is 16.7. The van der Waals surface area contributed by atoms with Crippen LogP contribution < -0.4 is 16.0 Å². The zero-order valence-electron chi connectivity index (χ0n) is 14.1. The summed E-state index contributed by atoms with van der Waals surface area (Å²) in [7, 11) is 0. The number of pyridine rings is 1. The number of carbonyl (C=O) groups is 2. The van der Waals surface area contributed by atoms with Gasteiger partial charge in [0.15, 0.2) is 0 Å². The first-order valence-electron chi connectivity index (χ1n) is 8.39. The number of aromatic nitrogens is 1. The highest BCUT2D eigenvalue weighted by molar-refractivity contribution is 5.88. The molecule has 3 heterocycles. The SMILES string of the molecule is Cc1cc(C)nc(NC(=O)NCC2CC3(CCNCC3)C(=O)O2)c1. The number of piperidine rings is 1. The molecule has 2 amide bonds. The predicted molar refractivity (Wildman–Crippen MR) is 89.8 cm³/mol. The zero-order valence-corrected chi connectivity index (χ0v) is 14.1. The van der Waals surface area contributed by atoms with E-state index < -0.39 is 0 Å². The quantitative estimate of drug-likeness (QED) is 0.730. The molecule has 24 heavy (non-hydrogen) atoms. The largest absolute Gasteiger partial charge is 0.460 e. The van der Waals surface area contributed by atoms with E-state index in [-0.39, 0.29) is 23.5 Å². The third-order valence-electron chi connectivity index (χ3n) is 4.72. The van der Waals surface area contributed by atoms with Gasteiger partial charge in [-0.15, -0.1) is 0 Å². The van der Waals surface area contributed by atoms with Crippen molar-refractivity contribution in [3.8, 4) is 0 Å². The second kappa shape index (κ2) is 6.76. The molecule has 0 bridgehead atoms. The van der Waals surface area contributed by atoms with Gasteiger partial charge in [0.25, 0.3) is 0 Å². The third-order valence-corrected chi connectivity index (χ3v) is 4.72. The number of carbonyl (C=O) groups excluding carboxylic acids is 2. The fraction of sp³-hybridized carbons (Fsp3) is 0.588. The van der Waals surface area contributed by atoms with E-state index >= 15 is 0 Å². The Morgan fingerprint density at radius 2 is 2.12 bits per heavy atom. The normalized spacial score (nSPS) is 22.2. The molecule has 130 valence electrons. The standard InChI is InChI=1S/C17H24N4O3/c1-11-7-12(2)20-14(8-11)21-16(23)19-10-13-9-17(15(22)24-13)3-5-18-6-4-17/h7-8,13,18H,3-6,9-10H2,1-2H3,(H2,19,20,21,23). The number of nitrogens with one attached hydrogen (secondary N) is 3. The van der Waals surface area contributed by atoms with Gasteiger partial charge in [-0.2, -0.15) is 0 Å². The molecule has 1 aromatic heterocycles. The van der Waals surface area contributed by atoms with Crippen molar-refractivity contribution in [1.29, 1.82) is 0 Å². The molecule has 0 aromatic carbocycles. The van der Waals surface area contributed by atoms with Gasteiger partial charge in [-0.05, 0) is 57.5 Å². The van der Waals surface area contributed by atoms with Gasteiger partial charge in [0.1, 0.15) is 11.9 Å². The highest BCUT2D eigenvalue weighted by Gasteiger charge is 2.49. The molecule has 0 saturated carbocycles. The maximum absolute atomic E-state index is 12.2. The molecule has 2 aliphatic heterocycles. The summed E-state index contributed by atoms with van der Waals surface area (Å²) in [5.74, 6) is 0.399. The number of hydrogen-bond acceptors (Lipinski definition) is 5. The minimum atomic E-state index is -0.358. The van der Waals surface area contributed by atoms with Crippen LogP contribution in [0.1, 0.15) is 30.5 Å². The van der Waals surface area contributed by atoms with Crippen LogP contribution in [0.15, 0.2) is 12.1 Å². The van der Waals surface area contributed by atoms with Crippen molar-refractivity contribution in [2.45, 2.75) is 39.2 Å². The Morgan fingerprint density at radius 3 is 2.83 bits per heavy atom. The summed E-state index contributed by atoms with van der Waals surface area (Å²) in [5, 5.41) is 8.75. The van der Waals surface area contributed by atoms with Crippen LogP contribution in [-0.2, 0) is 9.53 Å². The van der Waals surface area contributed by atoms with Gasteiger partial charge < -0.3 is 15.4 Å². The highest BCUT2D eigenvalue weighted by atomic mass is 16.6. The molecule has 1 atom stereocenters. The third kappa shape index (κ3) is 3.67. The number of aryl methyl sites for hydroxylation is 2. The Kier molecular flexibility index (Phi) is 4.71. The second-order valence-electron chi connectivity index (χ2n) is 6.77. The van der Waals surface area contributed by atoms with Crippen molar-refractivity contribution in [3.05, 3.63) is 23.4 Å². The van der Waals surface area contributed by atoms with Crippen molar-refractivity contribution in [2.24, 2.45) is 5.41 Å². The lowest BCUT2D eigenvalue weighted by Gasteiger charge is -2.29. The number of anilines is 1. The molecule has 2 aliphatic rings. The van der Waals surface area contributed by atoms with Crippen LogP contribution in [-0.4, -0.2) is 42.7 Å². The average Bonchev–Trinajstić information content (AvgIpc) is 2.81. The van der Waals surface area contributed by atoms with E-state index in [1.165, 1.54) is 0 Å². The van der Waals surface area contributed by atoms with E-state index in [0.29, 0.717) is 18.8 Å². The molecular weight excluding hydrogens is 308 g/mol. The lowest BCUT2D eigenvalue weighted by atomic mass is 9.76. The molecule has 0 radical (unpaired) electrons. The molecule has 2 saturated heterocycles. The van der Waals surface area contributed by atoms with Crippen LogP contribution in [0.3, 0.4) is 0 Å². The van der Waals surface area contributed by atoms with Crippen LogP contribution in [0, 0.1) is 19.3 Å². The van der Waals surface area contributed by atoms with Crippen molar-refractivity contribution >= 4 is 17.8 Å². The van der Waals surface area contributed by atoms with Crippen LogP contribution in [0.25, 0.3) is 0 Å². The monoisotopic (exact) mass is 332 g/mol. The van der Waals surface area contributed by atoms with Crippen LogP contribution in [0.5, 0.6) is 0 Å². The first-order chi connectivity index (χ1) is 11.5. The molecule has 7 heteroatoms.